The number of ketones is 1. The Hall–Kier alpha value is -2.52. The van der Waals surface area contributed by atoms with E-state index in [1.165, 1.54) is 47.2 Å². The summed E-state index contributed by atoms with van der Waals surface area (Å²) in [5.41, 5.74) is 0.238. The van der Waals surface area contributed by atoms with Gasteiger partial charge in [-0.25, -0.2) is 17.6 Å². The van der Waals surface area contributed by atoms with Crippen molar-refractivity contribution < 1.29 is 27.1 Å². The van der Waals surface area contributed by atoms with Crippen molar-refractivity contribution >= 4 is 21.8 Å². The first-order chi connectivity index (χ1) is 13.2. The molecular weight excluding hydrogens is 387 g/mol. The van der Waals surface area contributed by atoms with Crippen LogP contribution in [-0.2, 0) is 21.8 Å². The van der Waals surface area contributed by atoms with Gasteiger partial charge in [-0.15, -0.1) is 0 Å². The molecule has 0 amide bonds. The normalized spacial score (nSPS) is 16.1. The van der Waals surface area contributed by atoms with Crippen LogP contribution >= 0.6 is 0 Å². The number of carbonyl (C=O) groups excluding carboxylic acids is 2. The van der Waals surface area contributed by atoms with Crippen molar-refractivity contribution in [2.24, 2.45) is 7.05 Å². The number of halogens is 1. The highest BCUT2D eigenvalue weighted by atomic mass is 32.2. The summed E-state index contributed by atoms with van der Waals surface area (Å²) in [6, 6.07) is 6.17. The number of Topliss-reactive ketones (excluding diaryl/α,β-unsaturated/α-hetero) is 1. The van der Waals surface area contributed by atoms with Gasteiger partial charge in [-0.05, 0) is 50.1 Å². The summed E-state index contributed by atoms with van der Waals surface area (Å²) in [5.74, 6) is -1.77. The van der Waals surface area contributed by atoms with E-state index in [2.05, 4.69) is 0 Å². The fourth-order valence-electron chi connectivity index (χ4n) is 3.08. The van der Waals surface area contributed by atoms with Crippen molar-refractivity contribution in [3.8, 4) is 0 Å². The van der Waals surface area contributed by atoms with Gasteiger partial charge in [-0.1, -0.05) is 0 Å². The van der Waals surface area contributed by atoms with Gasteiger partial charge in [-0.2, -0.15) is 4.31 Å². The number of aryl methyl sites for hydroxylation is 1. The fraction of sp³-hybridized carbons (Fsp3) is 0.368. The third kappa shape index (κ3) is 4.00. The van der Waals surface area contributed by atoms with Crippen LogP contribution in [0.4, 0.5) is 4.39 Å². The van der Waals surface area contributed by atoms with E-state index in [1.54, 1.807) is 0 Å². The Kier molecular flexibility index (Phi) is 5.66. The molecule has 1 aromatic carbocycles. The molecule has 1 atom stereocenters. The molecule has 150 valence electrons. The third-order valence-electron chi connectivity index (χ3n) is 4.67. The zero-order chi connectivity index (χ0) is 20.5. The first-order valence-electron chi connectivity index (χ1n) is 8.87. The van der Waals surface area contributed by atoms with Crippen LogP contribution in [0.2, 0.25) is 0 Å². The fourth-order valence-corrected chi connectivity index (χ4v) is 4.67. The quantitative estimate of drug-likeness (QED) is 0.541. The van der Waals surface area contributed by atoms with E-state index in [4.69, 9.17) is 4.74 Å². The number of benzene rings is 1. The van der Waals surface area contributed by atoms with Crippen LogP contribution < -0.4 is 0 Å². The monoisotopic (exact) mass is 408 g/mol. The minimum atomic E-state index is -3.66. The topological polar surface area (TPSA) is 85.7 Å². The zero-order valence-electron chi connectivity index (χ0n) is 15.6. The van der Waals surface area contributed by atoms with Crippen molar-refractivity contribution in [1.29, 1.82) is 0 Å². The Morgan fingerprint density at radius 2 is 1.75 bits per heavy atom. The molecule has 3 rings (SSSR count). The highest BCUT2D eigenvalue weighted by Crippen LogP contribution is 2.23. The summed E-state index contributed by atoms with van der Waals surface area (Å²) in [4.78, 5) is 24.8. The van der Waals surface area contributed by atoms with Crippen molar-refractivity contribution in [2.45, 2.75) is 30.8 Å². The lowest BCUT2D eigenvalue weighted by Crippen LogP contribution is -2.27. The number of aromatic nitrogens is 1. The Bertz CT molecular complexity index is 992. The molecule has 0 radical (unpaired) electrons. The molecule has 7 nitrogen and oxygen atoms in total. The number of nitrogens with zero attached hydrogens (tertiary/aromatic N) is 2. The van der Waals surface area contributed by atoms with Crippen molar-refractivity contribution in [1.82, 2.24) is 8.87 Å². The largest absolute Gasteiger partial charge is 0.450 e. The maximum absolute atomic E-state index is 13.0. The Morgan fingerprint density at radius 3 is 2.36 bits per heavy atom. The minimum Gasteiger partial charge on any atom is -0.450 e. The SMILES string of the molecule is C[C@H](OC(=O)c1cc(S(=O)(=O)N2CCCC2)cn1C)C(=O)c1ccc(F)cc1. The number of carbonyl (C=O) groups is 2. The molecule has 9 heteroatoms. The highest BCUT2D eigenvalue weighted by molar-refractivity contribution is 7.89. The van der Waals surface area contributed by atoms with Crippen LogP contribution in [0.25, 0.3) is 0 Å². The van der Waals surface area contributed by atoms with E-state index in [1.807, 2.05) is 0 Å². The van der Waals surface area contributed by atoms with E-state index in [9.17, 15) is 22.4 Å². The van der Waals surface area contributed by atoms with E-state index >= 15 is 0 Å². The summed E-state index contributed by atoms with van der Waals surface area (Å²) >= 11 is 0. The number of esters is 1. The molecule has 2 aromatic rings. The average Bonchev–Trinajstić information content (AvgIpc) is 3.32. The average molecular weight is 408 g/mol. The molecule has 1 saturated heterocycles. The second-order valence-corrected chi connectivity index (χ2v) is 8.64. The van der Waals surface area contributed by atoms with Crippen LogP contribution in [-0.4, -0.2) is 48.2 Å². The third-order valence-corrected chi connectivity index (χ3v) is 6.54. The number of ether oxygens (including phenoxy) is 1. The van der Waals surface area contributed by atoms with Gasteiger partial charge in [-0.3, -0.25) is 4.79 Å². The summed E-state index contributed by atoms with van der Waals surface area (Å²) in [5, 5.41) is 0. The number of hydrogen-bond acceptors (Lipinski definition) is 5. The number of rotatable bonds is 6. The molecule has 2 heterocycles. The van der Waals surface area contributed by atoms with Crippen molar-refractivity contribution in [3.05, 3.63) is 53.6 Å². The van der Waals surface area contributed by atoms with E-state index in [0.29, 0.717) is 13.1 Å². The molecule has 1 fully saturated rings. The van der Waals surface area contributed by atoms with Gasteiger partial charge in [0.25, 0.3) is 0 Å². The van der Waals surface area contributed by atoms with Gasteiger partial charge in [0.05, 0.1) is 0 Å². The molecular formula is C19H21FN2O5S. The molecule has 0 spiro atoms. The van der Waals surface area contributed by atoms with Gasteiger partial charge < -0.3 is 9.30 Å². The maximum Gasteiger partial charge on any atom is 0.355 e. The second-order valence-electron chi connectivity index (χ2n) is 6.70. The predicted molar refractivity (Wildman–Crippen MR) is 99.0 cm³/mol. The molecule has 1 aliphatic heterocycles. The molecule has 0 unspecified atom stereocenters. The summed E-state index contributed by atoms with van der Waals surface area (Å²) in [6.45, 7) is 2.33. The highest BCUT2D eigenvalue weighted by Gasteiger charge is 2.30. The summed E-state index contributed by atoms with van der Waals surface area (Å²) in [7, 11) is -2.13. The van der Waals surface area contributed by atoms with Crippen LogP contribution in [0.1, 0.15) is 40.6 Å². The number of hydrogen-bond donors (Lipinski definition) is 0. The van der Waals surface area contributed by atoms with E-state index in [-0.39, 0.29) is 16.2 Å². The first-order valence-corrected chi connectivity index (χ1v) is 10.3. The standard InChI is InChI=1S/C19H21FN2O5S/c1-13(18(23)14-5-7-15(20)8-6-14)27-19(24)17-11-16(12-21(17)2)28(25,26)22-9-3-4-10-22/h5-8,11-13H,3-4,9-10H2,1-2H3/t13-/m0/s1. The van der Waals surface area contributed by atoms with Gasteiger partial charge in [0.1, 0.15) is 16.4 Å². The van der Waals surface area contributed by atoms with Crippen molar-refractivity contribution in [2.75, 3.05) is 13.1 Å². The molecule has 28 heavy (non-hydrogen) atoms. The zero-order valence-corrected chi connectivity index (χ0v) is 16.4. The van der Waals surface area contributed by atoms with Crippen LogP contribution in [0.15, 0.2) is 41.4 Å². The van der Waals surface area contributed by atoms with Crippen LogP contribution in [0.5, 0.6) is 0 Å². The molecule has 0 bridgehead atoms. The second kappa shape index (κ2) is 7.84. The Labute approximate surface area is 162 Å². The maximum atomic E-state index is 13.0. The smallest absolute Gasteiger partial charge is 0.355 e. The molecule has 0 N–H and O–H groups in total. The molecule has 1 aliphatic rings. The van der Waals surface area contributed by atoms with Crippen LogP contribution in [0.3, 0.4) is 0 Å². The van der Waals surface area contributed by atoms with Crippen molar-refractivity contribution in [3.63, 3.8) is 0 Å². The summed E-state index contributed by atoms with van der Waals surface area (Å²) < 4.78 is 46.2. The molecule has 1 aromatic heterocycles. The van der Waals surface area contributed by atoms with Crippen LogP contribution in [0, 0.1) is 5.82 Å². The van der Waals surface area contributed by atoms with Gasteiger partial charge in [0.2, 0.25) is 15.8 Å². The lowest BCUT2D eigenvalue weighted by molar-refractivity contribution is 0.0309. The molecule has 0 saturated carbocycles. The summed E-state index contributed by atoms with van der Waals surface area (Å²) in [6.07, 6.45) is 1.87. The van der Waals surface area contributed by atoms with E-state index < -0.39 is 33.7 Å². The molecule has 0 aliphatic carbocycles. The number of sulfonamides is 1. The minimum absolute atomic E-state index is 0.0152. The first kappa shape index (κ1) is 20.2. The Morgan fingerprint density at radius 1 is 1.14 bits per heavy atom. The van der Waals surface area contributed by atoms with Gasteiger partial charge in [0, 0.05) is 31.9 Å². The Balaban J connectivity index is 1.75. The lowest BCUT2D eigenvalue weighted by Gasteiger charge is -2.13. The van der Waals surface area contributed by atoms with E-state index in [0.717, 1.165) is 25.0 Å². The predicted octanol–water partition coefficient (Wildman–Crippen LogP) is 2.38. The van der Waals surface area contributed by atoms with Gasteiger partial charge >= 0.3 is 5.97 Å². The van der Waals surface area contributed by atoms with Gasteiger partial charge in [0.15, 0.2) is 6.10 Å². The lowest BCUT2D eigenvalue weighted by atomic mass is 10.1.